The molecule has 1 aliphatic carbocycles. The van der Waals surface area contributed by atoms with Gasteiger partial charge in [0.1, 0.15) is 0 Å². The molecule has 1 radical (unpaired) electrons. The highest BCUT2D eigenvalue weighted by atomic mass is 14.2. The van der Waals surface area contributed by atoms with E-state index < -0.39 is 0 Å². The Morgan fingerprint density at radius 1 is 1.07 bits per heavy atom. The van der Waals surface area contributed by atoms with Gasteiger partial charge in [-0.25, -0.2) is 0 Å². The van der Waals surface area contributed by atoms with Gasteiger partial charge in [-0.1, -0.05) is 59.3 Å². The zero-order valence-electron chi connectivity index (χ0n) is 11.0. The fourth-order valence-electron chi connectivity index (χ4n) is 2.76. The molecule has 0 nitrogen and oxygen atoms in total. The van der Waals surface area contributed by atoms with E-state index in [9.17, 15) is 0 Å². The van der Waals surface area contributed by atoms with E-state index >= 15 is 0 Å². The third-order valence-electron chi connectivity index (χ3n) is 3.90. The Morgan fingerprint density at radius 2 is 1.73 bits per heavy atom. The lowest BCUT2D eigenvalue weighted by Crippen LogP contribution is -2.13. The van der Waals surface area contributed by atoms with E-state index in [2.05, 4.69) is 20.8 Å². The summed E-state index contributed by atoms with van der Waals surface area (Å²) in [6.45, 7) is 7.07. The van der Waals surface area contributed by atoms with Crippen molar-refractivity contribution in [3.05, 3.63) is 5.92 Å². The first-order chi connectivity index (χ1) is 7.20. The van der Waals surface area contributed by atoms with Crippen molar-refractivity contribution in [2.24, 2.45) is 11.8 Å². The largest absolute Gasteiger partial charge is 0.0628 e. The maximum absolute atomic E-state index is 2.41. The molecule has 0 aromatic carbocycles. The molecule has 0 saturated heterocycles. The van der Waals surface area contributed by atoms with Crippen LogP contribution in [0.3, 0.4) is 0 Å². The molecule has 0 N–H and O–H groups in total. The summed E-state index contributed by atoms with van der Waals surface area (Å²) in [6, 6.07) is 0. The Morgan fingerprint density at radius 3 is 2.33 bits per heavy atom. The standard InChI is InChI=1S/C15H29/c1-13(2)9-7-8-10-14(3)15-11-5-4-6-12-15/h13,15H,4-12H2,1-3H3. The zero-order chi connectivity index (χ0) is 11.1. The monoisotopic (exact) mass is 209 g/mol. The lowest BCUT2D eigenvalue weighted by molar-refractivity contribution is 0.354. The van der Waals surface area contributed by atoms with Crippen LogP contribution in [0, 0.1) is 17.8 Å². The minimum Gasteiger partial charge on any atom is -0.0628 e. The van der Waals surface area contributed by atoms with Crippen LogP contribution < -0.4 is 0 Å². The van der Waals surface area contributed by atoms with Crippen molar-refractivity contribution < 1.29 is 0 Å². The molecule has 0 unspecified atom stereocenters. The van der Waals surface area contributed by atoms with E-state index in [1.165, 1.54) is 57.8 Å². The first-order valence-electron chi connectivity index (χ1n) is 7.02. The molecular formula is C15H29. The molecule has 15 heavy (non-hydrogen) atoms. The smallest absolute Gasteiger partial charge is 0.0241 e. The van der Waals surface area contributed by atoms with Crippen LogP contribution in [0.5, 0.6) is 0 Å². The summed E-state index contributed by atoms with van der Waals surface area (Å²) in [7, 11) is 0. The van der Waals surface area contributed by atoms with Gasteiger partial charge in [0.2, 0.25) is 0 Å². The molecule has 0 bridgehead atoms. The molecule has 0 aromatic heterocycles. The highest BCUT2D eigenvalue weighted by molar-refractivity contribution is 4.93. The highest BCUT2D eigenvalue weighted by Crippen LogP contribution is 2.33. The van der Waals surface area contributed by atoms with Crippen molar-refractivity contribution in [1.82, 2.24) is 0 Å². The minimum absolute atomic E-state index is 0.889. The second-order valence-electron chi connectivity index (χ2n) is 5.82. The Labute approximate surface area is 96.8 Å². The minimum atomic E-state index is 0.889. The summed E-state index contributed by atoms with van der Waals surface area (Å²) < 4.78 is 0. The van der Waals surface area contributed by atoms with Gasteiger partial charge in [0, 0.05) is 0 Å². The maximum atomic E-state index is 2.41. The fraction of sp³-hybridized carbons (Fsp3) is 0.933. The van der Waals surface area contributed by atoms with Crippen LogP contribution in [0.15, 0.2) is 0 Å². The van der Waals surface area contributed by atoms with Gasteiger partial charge in [-0.05, 0) is 37.0 Å². The predicted molar refractivity (Wildman–Crippen MR) is 68.8 cm³/mol. The van der Waals surface area contributed by atoms with Crippen molar-refractivity contribution in [3.8, 4) is 0 Å². The number of hydrogen-bond donors (Lipinski definition) is 0. The van der Waals surface area contributed by atoms with Crippen molar-refractivity contribution >= 4 is 0 Å². The molecule has 89 valence electrons. The molecule has 1 aliphatic rings. The summed E-state index contributed by atoms with van der Waals surface area (Å²) in [4.78, 5) is 0. The van der Waals surface area contributed by atoms with E-state index in [-0.39, 0.29) is 0 Å². The summed E-state index contributed by atoms with van der Waals surface area (Å²) in [5.74, 6) is 3.68. The zero-order valence-corrected chi connectivity index (χ0v) is 11.0. The van der Waals surface area contributed by atoms with Crippen molar-refractivity contribution in [1.29, 1.82) is 0 Å². The Kier molecular flexibility index (Phi) is 6.36. The normalized spacial score (nSPS) is 19.0. The molecule has 0 heteroatoms. The SMILES string of the molecule is C[C](CCCCC(C)C)C1CCCCC1. The summed E-state index contributed by atoms with van der Waals surface area (Å²) in [6.07, 6.45) is 13.1. The molecule has 0 aromatic rings. The average Bonchev–Trinajstić information content (AvgIpc) is 2.25. The van der Waals surface area contributed by atoms with Crippen LogP contribution >= 0.6 is 0 Å². The van der Waals surface area contributed by atoms with Gasteiger partial charge >= 0.3 is 0 Å². The van der Waals surface area contributed by atoms with E-state index in [1.54, 1.807) is 5.92 Å². The maximum Gasteiger partial charge on any atom is -0.0241 e. The van der Waals surface area contributed by atoms with E-state index in [0.29, 0.717) is 0 Å². The topological polar surface area (TPSA) is 0 Å². The molecular weight excluding hydrogens is 180 g/mol. The van der Waals surface area contributed by atoms with Gasteiger partial charge in [0.25, 0.3) is 0 Å². The van der Waals surface area contributed by atoms with Crippen molar-refractivity contribution in [2.75, 3.05) is 0 Å². The number of rotatable bonds is 6. The molecule has 0 spiro atoms. The van der Waals surface area contributed by atoms with Gasteiger partial charge in [0.15, 0.2) is 0 Å². The second kappa shape index (κ2) is 7.30. The van der Waals surface area contributed by atoms with Crippen LogP contribution in [0.25, 0.3) is 0 Å². The Hall–Kier alpha value is 0. The third-order valence-corrected chi connectivity index (χ3v) is 3.90. The number of hydrogen-bond acceptors (Lipinski definition) is 0. The number of unbranched alkanes of at least 4 members (excludes halogenated alkanes) is 1. The van der Waals surface area contributed by atoms with E-state index in [4.69, 9.17) is 0 Å². The Bertz CT molecular complexity index is 142. The summed E-state index contributed by atoms with van der Waals surface area (Å²) in [5, 5.41) is 0. The van der Waals surface area contributed by atoms with Crippen molar-refractivity contribution in [2.45, 2.75) is 78.6 Å². The Balaban J connectivity index is 2.04. The van der Waals surface area contributed by atoms with Gasteiger partial charge < -0.3 is 0 Å². The molecule has 0 aliphatic heterocycles. The van der Waals surface area contributed by atoms with E-state index in [1.807, 2.05) is 0 Å². The van der Waals surface area contributed by atoms with Gasteiger partial charge in [-0.15, -0.1) is 0 Å². The third kappa shape index (κ3) is 5.58. The lowest BCUT2D eigenvalue weighted by Gasteiger charge is -2.27. The van der Waals surface area contributed by atoms with Crippen molar-refractivity contribution in [3.63, 3.8) is 0 Å². The first-order valence-corrected chi connectivity index (χ1v) is 7.02. The van der Waals surface area contributed by atoms with Crippen LogP contribution in [0.2, 0.25) is 0 Å². The second-order valence-corrected chi connectivity index (χ2v) is 5.82. The fourth-order valence-corrected chi connectivity index (χ4v) is 2.76. The quantitative estimate of drug-likeness (QED) is 0.515. The summed E-state index contributed by atoms with van der Waals surface area (Å²) >= 11 is 0. The molecule has 0 heterocycles. The summed E-state index contributed by atoms with van der Waals surface area (Å²) in [5.41, 5.74) is 0. The first kappa shape index (κ1) is 13.1. The molecule has 1 rings (SSSR count). The van der Waals surface area contributed by atoms with Gasteiger partial charge in [0.05, 0.1) is 0 Å². The predicted octanol–water partition coefficient (Wildman–Crippen LogP) is 5.38. The average molecular weight is 209 g/mol. The van der Waals surface area contributed by atoms with E-state index in [0.717, 1.165) is 11.8 Å². The van der Waals surface area contributed by atoms with Crippen LogP contribution in [-0.4, -0.2) is 0 Å². The van der Waals surface area contributed by atoms with Crippen LogP contribution in [0.1, 0.15) is 78.6 Å². The molecule has 1 fully saturated rings. The van der Waals surface area contributed by atoms with Crippen LogP contribution in [-0.2, 0) is 0 Å². The molecule has 0 amide bonds. The van der Waals surface area contributed by atoms with Crippen LogP contribution in [0.4, 0.5) is 0 Å². The molecule has 1 saturated carbocycles. The molecule has 0 atom stereocenters. The highest BCUT2D eigenvalue weighted by Gasteiger charge is 2.19. The van der Waals surface area contributed by atoms with Gasteiger partial charge in [-0.2, -0.15) is 0 Å². The lowest BCUT2D eigenvalue weighted by atomic mass is 9.79. The van der Waals surface area contributed by atoms with Gasteiger partial charge in [-0.3, -0.25) is 0 Å².